The average molecular weight is 160 g/mol. The minimum Gasteiger partial charge on any atom is -0.330 e. The van der Waals surface area contributed by atoms with Crippen molar-refractivity contribution in [3.63, 3.8) is 0 Å². The zero-order valence-electron chi connectivity index (χ0n) is 4.50. The van der Waals surface area contributed by atoms with Gasteiger partial charge in [0.05, 0.1) is 0 Å². The zero-order chi connectivity index (χ0) is 6.78. The molecule has 0 aromatic rings. The molecule has 0 saturated heterocycles. The summed E-state index contributed by atoms with van der Waals surface area (Å²) in [7, 11) is 0. The lowest BCUT2D eigenvalue weighted by Crippen LogP contribution is -2.25. The van der Waals surface area contributed by atoms with Crippen molar-refractivity contribution in [2.24, 2.45) is 11.7 Å². The van der Waals surface area contributed by atoms with E-state index in [-0.39, 0.29) is 6.54 Å². The Morgan fingerprint density at radius 2 is 2.12 bits per heavy atom. The van der Waals surface area contributed by atoms with Crippen LogP contribution in [0.5, 0.6) is 0 Å². The molecule has 0 aromatic carbocycles. The highest BCUT2D eigenvalue weighted by Crippen LogP contribution is 2.30. The van der Waals surface area contributed by atoms with E-state index in [4.69, 9.17) is 28.9 Å². The Balaban J connectivity index is 3.62. The number of alkyl halides is 3. The zero-order valence-corrected chi connectivity index (χ0v) is 6.01. The van der Waals surface area contributed by atoms with E-state index >= 15 is 0 Å². The predicted octanol–water partition coefficient (Wildman–Crippen LogP) is 1.68. The van der Waals surface area contributed by atoms with E-state index in [2.05, 4.69) is 0 Å². The molecule has 0 amide bonds. The molecule has 0 fully saturated rings. The van der Waals surface area contributed by atoms with Gasteiger partial charge in [-0.05, 0) is 0 Å². The average Bonchev–Trinajstić information content (AvgIpc) is 1.62. The summed E-state index contributed by atoms with van der Waals surface area (Å²) in [5.74, 6) is -0.508. The van der Waals surface area contributed by atoms with Gasteiger partial charge >= 0.3 is 0 Å². The highest BCUT2D eigenvalue weighted by atomic mass is 35.5. The van der Waals surface area contributed by atoms with E-state index in [1.807, 2.05) is 0 Å². The fourth-order valence-electron chi connectivity index (χ4n) is 0.134. The molecule has 0 bridgehead atoms. The third kappa shape index (κ3) is 2.70. The smallest absolute Gasteiger partial charge is 0.261 e. The van der Waals surface area contributed by atoms with Crippen LogP contribution < -0.4 is 5.73 Å². The molecule has 4 heteroatoms. The Kier molecular flexibility index (Phi) is 3.02. The highest BCUT2D eigenvalue weighted by Gasteiger charge is 2.29. The molecular weight excluding hydrogens is 152 g/mol. The van der Waals surface area contributed by atoms with Crippen molar-refractivity contribution in [2.45, 2.75) is 11.5 Å². The van der Waals surface area contributed by atoms with Gasteiger partial charge in [-0.3, -0.25) is 0 Å². The van der Waals surface area contributed by atoms with Gasteiger partial charge in [-0.2, -0.15) is 0 Å². The van der Waals surface area contributed by atoms with Gasteiger partial charge in [0.25, 0.3) is 4.59 Å². The van der Waals surface area contributed by atoms with E-state index in [1.165, 1.54) is 0 Å². The van der Waals surface area contributed by atoms with Crippen molar-refractivity contribution in [3.8, 4) is 0 Å². The van der Waals surface area contributed by atoms with Crippen LogP contribution in [0.3, 0.4) is 0 Å². The molecule has 1 nitrogen and oxygen atoms in total. The van der Waals surface area contributed by atoms with Crippen molar-refractivity contribution in [3.05, 3.63) is 0 Å². The van der Waals surface area contributed by atoms with Gasteiger partial charge in [0, 0.05) is 12.5 Å². The Bertz CT molecular complexity index is 70.9. The minimum atomic E-state index is -2.17. The first kappa shape index (κ1) is 8.47. The molecule has 8 heavy (non-hydrogen) atoms. The molecule has 0 rings (SSSR count). The molecule has 0 aromatic heterocycles. The van der Waals surface area contributed by atoms with Gasteiger partial charge in [-0.25, -0.2) is 4.39 Å². The van der Waals surface area contributed by atoms with Gasteiger partial charge in [0.2, 0.25) is 0 Å². The minimum absolute atomic E-state index is 0.156. The Hall–Kier alpha value is 0.470. The molecular formula is C4H8Cl2FN. The van der Waals surface area contributed by atoms with Gasteiger partial charge in [0.15, 0.2) is 0 Å². The fraction of sp³-hybridized carbons (Fsp3) is 1.00. The second-order valence-corrected chi connectivity index (χ2v) is 2.97. The summed E-state index contributed by atoms with van der Waals surface area (Å²) in [6, 6.07) is 0. The van der Waals surface area contributed by atoms with Crippen LogP contribution in [-0.2, 0) is 0 Å². The van der Waals surface area contributed by atoms with Crippen LogP contribution in [0.25, 0.3) is 0 Å². The molecule has 0 saturated carbocycles. The molecule has 1 unspecified atom stereocenters. The molecule has 0 aliphatic rings. The van der Waals surface area contributed by atoms with Crippen LogP contribution >= 0.6 is 23.2 Å². The summed E-state index contributed by atoms with van der Waals surface area (Å²) in [5, 5.41) is 0. The van der Waals surface area contributed by atoms with Crippen molar-refractivity contribution in [2.75, 3.05) is 6.54 Å². The van der Waals surface area contributed by atoms with Crippen LogP contribution in [0.1, 0.15) is 6.92 Å². The van der Waals surface area contributed by atoms with Gasteiger partial charge in [-0.1, -0.05) is 30.1 Å². The van der Waals surface area contributed by atoms with Crippen molar-refractivity contribution >= 4 is 23.2 Å². The SMILES string of the molecule is CC(CN)C(F)(Cl)Cl. The summed E-state index contributed by atoms with van der Waals surface area (Å²) in [6.07, 6.45) is 0. The molecule has 2 N–H and O–H groups in total. The molecule has 50 valence electrons. The van der Waals surface area contributed by atoms with Crippen LogP contribution in [0.4, 0.5) is 4.39 Å². The quantitative estimate of drug-likeness (QED) is 0.611. The van der Waals surface area contributed by atoms with E-state index < -0.39 is 10.5 Å². The topological polar surface area (TPSA) is 26.0 Å². The van der Waals surface area contributed by atoms with Crippen molar-refractivity contribution in [1.29, 1.82) is 0 Å². The van der Waals surface area contributed by atoms with Gasteiger partial charge < -0.3 is 5.73 Å². The van der Waals surface area contributed by atoms with Gasteiger partial charge in [-0.15, -0.1) is 0 Å². The van der Waals surface area contributed by atoms with Crippen LogP contribution in [0.15, 0.2) is 0 Å². The van der Waals surface area contributed by atoms with Crippen molar-refractivity contribution in [1.82, 2.24) is 0 Å². The lowest BCUT2D eigenvalue weighted by atomic mass is 10.2. The van der Waals surface area contributed by atoms with E-state index in [1.54, 1.807) is 6.92 Å². The normalized spacial score (nSPS) is 16.1. The number of rotatable bonds is 2. The van der Waals surface area contributed by atoms with Crippen LogP contribution in [0.2, 0.25) is 0 Å². The summed E-state index contributed by atoms with van der Waals surface area (Å²) >= 11 is 10.0. The molecule has 1 atom stereocenters. The first-order valence-electron chi connectivity index (χ1n) is 2.25. The summed E-state index contributed by atoms with van der Waals surface area (Å²) in [5.41, 5.74) is 5.05. The number of hydrogen-bond acceptors (Lipinski definition) is 1. The Morgan fingerprint density at radius 3 is 2.12 bits per heavy atom. The summed E-state index contributed by atoms with van der Waals surface area (Å²) in [4.78, 5) is 0. The second kappa shape index (κ2) is 2.85. The number of halogens is 3. The largest absolute Gasteiger partial charge is 0.330 e. The molecule has 0 spiro atoms. The predicted molar refractivity (Wildman–Crippen MR) is 33.8 cm³/mol. The third-order valence-electron chi connectivity index (χ3n) is 0.912. The maximum atomic E-state index is 12.2. The molecule has 0 aliphatic carbocycles. The fourth-order valence-corrected chi connectivity index (χ4v) is 0.312. The van der Waals surface area contributed by atoms with Crippen molar-refractivity contribution < 1.29 is 4.39 Å². The summed E-state index contributed by atoms with van der Waals surface area (Å²) in [6.45, 7) is 1.70. The third-order valence-corrected chi connectivity index (χ3v) is 1.66. The van der Waals surface area contributed by atoms with E-state index in [0.29, 0.717) is 0 Å². The molecule has 0 aliphatic heterocycles. The molecule has 0 radical (unpaired) electrons. The highest BCUT2D eigenvalue weighted by molar-refractivity contribution is 6.47. The summed E-state index contributed by atoms with van der Waals surface area (Å²) < 4.78 is 10.1. The second-order valence-electron chi connectivity index (χ2n) is 1.68. The first-order valence-corrected chi connectivity index (χ1v) is 3.01. The Labute approximate surface area is 57.9 Å². The Morgan fingerprint density at radius 1 is 1.75 bits per heavy atom. The lowest BCUT2D eigenvalue weighted by molar-refractivity contribution is 0.294. The maximum Gasteiger partial charge on any atom is 0.261 e. The standard InChI is InChI=1S/C4H8Cl2FN/c1-3(2-8)4(5,6)7/h3H,2,8H2,1H3. The maximum absolute atomic E-state index is 12.2. The van der Waals surface area contributed by atoms with Crippen LogP contribution in [-0.4, -0.2) is 11.1 Å². The monoisotopic (exact) mass is 159 g/mol. The first-order chi connectivity index (χ1) is 3.48. The number of hydrogen-bond donors (Lipinski definition) is 1. The van der Waals surface area contributed by atoms with Crippen LogP contribution in [0, 0.1) is 5.92 Å². The van der Waals surface area contributed by atoms with E-state index in [9.17, 15) is 4.39 Å². The molecule has 0 heterocycles. The lowest BCUT2D eigenvalue weighted by Gasteiger charge is -2.15. The number of nitrogens with two attached hydrogens (primary N) is 1. The van der Waals surface area contributed by atoms with E-state index in [0.717, 1.165) is 0 Å². The van der Waals surface area contributed by atoms with Gasteiger partial charge in [0.1, 0.15) is 0 Å².